The summed E-state index contributed by atoms with van der Waals surface area (Å²) in [7, 11) is 0. The molecule has 0 N–H and O–H groups in total. The van der Waals surface area contributed by atoms with Gasteiger partial charge in [-0.3, -0.25) is 0 Å². The second kappa shape index (κ2) is 12.1. The monoisotopic (exact) mass is 536 g/mol. The Hall–Kier alpha value is -3.22. The first-order valence-corrected chi connectivity index (χ1v) is 12.3. The fraction of sp³-hybridized carbons (Fsp3) is 0.379. The quantitative estimate of drug-likeness (QED) is 0.276. The van der Waals surface area contributed by atoms with Crippen molar-refractivity contribution in [1.29, 1.82) is 0 Å². The van der Waals surface area contributed by atoms with Crippen molar-refractivity contribution in [3.8, 4) is 11.8 Å². The van der Waals surface area contributed by atoms with Crippen LogP contribution in [0.3, 0.4) is 0 Å². The molecule has 4 rings (SSSR count). The zero-order valence-corrected chi connectivity index (χ0v) is 20.6. The van der Waals surface area contributed by atoms with Gasteiger partial charge in [-0.25, -0.2) is 17.6 Å². The molecule has 3 nitrogen and oxygen atoms in total. The molecule has 0 aromatic heterocycles. The summed E-state index contributed by atoms with van der Waals surface area (Å²) in [5, 5.41) is 0. The molecule has 1 fully saturated rings. The molecule has 9 heteroatoms. The first kappa shape index (κ1) is 27.8. The summed E-state index contributed by atoms with van der Waals surface area (Å²) in [6.45, 7) is 3.69. The highest BCUT2D eigenvalue weighted by molar-refractivity contribution is 5.46. The highest BCUT2D eigenvalue weighted by Crippen LogP contribution is 2.37. The van der Waals surface area contributed by atoms with E-state index < -0.39 is 41.1 Å². The van der Waals surface area contributed by atoms with Gasteiger partial charge in [-0.2, -0.15) is 8.78 Å². The van der Waals surface area contributed by atoms with Crippen LogP contribution in [-0.2, 0) is 20.3 Å². The molecule has 1 heterocycles. The average Bonchev–Trinajstić information content (AvgIpc) is 2.87. The number of benzene rings is 2. The molecule has 38 heavy (non-hydrogen) atoms. The van der Waals surface area contributed by atoms with Gasteiger partial charge in [0.15, 0.2) is 0 Å². The Morgan fingerprint density at radius 1 is 1.03 bits per heavy atom. The second-order valence-electron chi connectivity index (χ2n) is 9.07. The Morgan fingerprint density at radius 3 is 2.39 bits per heavy atom. The standard InChI is InChI=1S/C29H26F6O3/c1-2-36-16-19-4-12-27(37-17-19)21-7-6-20(24(31)15-21)5-3-18-13-25(32)28(26(33)14-18)29(34,35)38-23-10-8-22(30)9-11-23/h6-8,10-11,13-15,19,22,27H,2,4,9,12,16-17H2,1H3. The molecule has 0 radical (unpaired) electrons. The molecule has 2 aliphatic rings. The Kier molecular flexibility index (Phi) is 8.85. The number of hydrogen-bond acceptors (Lipinski definition) is 3. The predicted octanol–water partition coefficient (Wildman–Crippen LogP) is 7.26. The van der Waals surface area contributed by atoms with Crippen LogP contribution in [0, 0.1) is 35.2 Å². The Morgan fingerprint density at radius 2 is 1.79 bits per heavy atom. The number of ether oxygens (including phenoxy) is 3. The lowest BCUT2D eigenvalue weighted by molar-refractivity contribution is -0.225. The summed E-state index contributed by atoms with van der Waals surface area (Å²) in [6, 6.07) is 5.64. The van der Waals surface area contributed by atoms with Crippen molar-refractivity contribution in [2.24, 2.45) is 5.92 Å². The van der Waals surface area contributed by atoms with Crippen molar-refractivity contribution in [3.63, 3.8) is 0 Å². The molecule has 2 aromatic rings. The third-order valence-electron chi connectivity index (χ3n) is 6.23. The van der Waals surface area contributed by atoms with Crippen LogP contribution < -0.4 is 0 Å². The largest absolute Gasteiger partial charge is 0.432 e. The maximum absolute atomic E-state index is 14.7. The summed E-state index contributed by atoms with van der Waals surface area (Å²) >= 11 is 0. The fourth-order valence-corrected chi connectivity index (χ4v) is 4.23. The lowest BCUT2D eigenvalue weighted by Gasteiger charge is -2.29. The summed E-state index contributed by atoms with van der Waals surface area (Å²) in [5.74, 6) is 0.964. The third kappa shape index (κ3) is 6.80. The molecular formula is C29H26F6O3. The van der Waals surface area contributed by atoms with E-state index in [-0.39, 0.29) is 23.7 Å². The molecule has 3 atom stereocenters. The average molecular weight is 537 g/mol. The van der Waals surface area contributed by atoms with E-state index in [4.69, 9.17) is 9.47 Å². The van der Waals surface area contributed by atoms with Gasteiger partial charge >= 0.3 is 6.11 Å². The normalized spacial score (nSPS) is 21.4. The van der Waals surface area contributed by atoms with Gasteiger partial charge in [-0.1, -0.05) is 17.9 Å². The third-order valence-corrected chi connectivity index (χ3v) is 6.23. The van der Waals surface area contributed by atoms with Crippen LogP contribution in [0.25, 0.3) is 0 Å². The highest BCUT2D eigenvalue weighted by Gasteiger charge is 2.41. The van der Waals surface area contributed by atoms with E-state index >= 15 is 0 Å². The molecule has 0 amide bonds. The molecular weight excluding hydrogens is 510 g/mol. The fourth-order valence-electron chi connectivity index (χ4n) is 4.23. The highest BCUT2D eigenvalue weighted by atomic mass is 19.3. The van der Waals surface area contributed by atoms with Gasteiger partial charge in [-0.15, -0.1) is 0 Å². The van der Waals surface area contributed by atoms with Crippen molar-refractivity contribution < 1.29 is 40.6 Å². The van der Waals surface area contributed by atoms with Gasteiger partial charge in [0.2, 0.25) is 0 Å². The molecule has 1 aliphatic heterocycles. The summed E-state index contributed by atoms with van der Waals surface area (Å²) in [4.78, 5) is 0. The Labute approximate surface area is 217 Å². The SMILES string of the molecule is CCOCC1CCC(c2ccc(C#Cc3cc(F)c(C(F)(F)OC4=CCC(F)C=C4)c(F)c3)c(F)c2)OC1. The van der Waals surface area contributed by atoms with Crippen LogP contribution in [0.5, 0.6) is 0 Å². The van der Waals surface area contributed by atoms with Crippen LogP contribution in [0.2, 0.25) is 0 Å². The number of halogens is 6. The Balaban J connectivity index is 1.45. The van der Waals surface area contributed by atoms with E-state index in [9.17, 15) is 26.3 Å². The zero-order chi connectivity index (χ0) is 27.3. The van der Waals surface area contributed by atoms with E-state index in [1.54, 1.807) is 6.07 Å². The minimum Gasteiger partial charge on any atom is -0.429 e. The minimum atomic E-state index is -4.36. The van der Waals surface area contributed by atoms with Crippen LogP contribution in [0.15, 0.2) is 54.3 Å². The van der Waals surface area contributed by atoms with Gasteiger partial charge in [-0.05, 0) is 67.8 Å². The summed E-state index contributed by atoms with van der Waals surface area (Å²) in [5.41, 5.74) is -1.25. The maximum Gasteiger partial charge on any atom is 0.432 e. The molecule has 202 valence electrons. The van der Waals surface area contributed by atoms with E-state index in [2.05, 4.69) is 16.6 Å². The van der Waals surface area contributed by atoms with E-state index in [0.717, 1.165) is 24.6 Å². The van der Waals surface area contributed by atoms with Crippen LogP contribution in [0.4, 0.5) is 26.3 Å². The lowest BCUT2D eigenvalue weighted by Crippen LogP contribution is -2.24. The van der Waals surface area contributed by atoms with Gasteiger partial charge in [0.25, 0.3) is 0 Å². The van der Waals surface area contributed by atoms with E-state index in [0.29, 0.717) is 49.9 Å². The van der Waals surface area contributed by atoms with Gasteiger partial charge in [0, 0.05) is 24.5 Å². The second-order valence-corrected chi connectivity index (χ2v) is 9.07. The molecule has 0 bridgehead atoms. The van der Waals surface area contributed by atoms with Gasteiger partial charge in [0.05, 0.1) is 24.9 Å². The lowest BCUT2D eigenvalue weighted by atomic mass is 9.94. The first-order chi connectivity index (χ1) is 18.2. The molecule has 2 aromatic carbocycles. The van der Waals surface area contributed by atoms with Crippen molar-refractivity contribution >= 4 is 0 Å². The first-order valence-electron chi connectivity index (χ1n) is 12.3. The zero-order valence-electron chi connectivity index (χ0n) is 20.6. The maximum atomic E-state index is 14.7. The summed E-state index contributed by atoms with van der Waals surface area (Å²) in [6.07, 6.45) is -1.52. The smallest absolute Gasteiger partial charge is 0.429 e. The van der Waals surface area contributed by atoms with Crippen LogP contribution >= 0.6 is 0 Å². The number of rotatable bonds is 7. The van der Waals surface area contributed by atoms with Crippen molar-refractivity contribution in [3.05, 3.63) is 94.0 Å². The van der Waals surface area contributed by atoms with Crippen molar-refractivity contribution in [2.45, 2.75) is 44.6 Å². The van der Waals surface area contributed by atoms with E-state index in [1.807, 2.05) is 6.92 Å². The molecule has 1 saturated heterocycles. The molecule has 3 unspecified atom stereocenters. The minimum absolute atomic E-state index is 0.0282. The predicted molar refractivity (Wildman–Crippen MR) is 128 cm³/mol. The molecule has 0 spiro atoms. The van der Waals surface area contributed by atoms with Crippen molar-refractivity contribution in [2.75, 3.05) is 19.8 Å². The molecule has 1 aliphatic carbocycles. The van der Waals surface area contributed by atoms with Crippen LogP contribution in [0.1, 0.15) is 54.5 Å². The van der Waals surface area contributed by atoms with Gasteiger partial charge < -0.3 is 14.2 Å². The van der Waals surface area contributed by atoms with Crippen LogP contribution in [-0.4, -0.2) is 26.0 Å². The Bertz CT molecular complexity index is 1250. The molecule has 0 saturated carbocycles. The number of hydrogen-bond donors (Lipinski definition) is 0. The topological polar surface area (TPSA) is 27.7 Å². The van der Waals surface area contributed by atoms with Crippen molar-refractivity contribution in [1.82, 2.24) is 0 Å². The van der Waals surface area contributed by atoms with E-state index in [1.165, 1.54) is 12.1 Å². The summed E-state index contributed by atoms with van der Waals surface area (Å²) < 4.78 is 102. The van der Waals surface area contributed by atoms with Gasteiger partial charge in [0.1, 0.15) is 34.9 Å². The number of alkyl halides is 3. The number of allylic oxidation sites excluding steroid dienone is 3.